The first-order valence-corrected chi connectivity index (χ1v) is 11.0. The van der Waals surface area contributed by atoms with Gasteiger partial charge in [0.05, 0.1) is 0 Å². The first-order chi connectivity index (χ1) is 12.1. The summed E-state index contributed by atoms with van der Waals surface area (Å²) in [6.45, 7) is 8.93. The van der Waals surface area contributed by atoms with Gasteiger partial charge in [-0.15, -0.1) is 0 Å². The summed E-state index contributed by atoms with van der Waals surface area (Å²) in [5.41, 5.74) is 2.02. The minimum Gasteiger partial charge on any atom is -0.478 e. The Kier molecular flexibility index (Phi) is 16.1. The summed E-state index contributed by atoms with van der Waals surface area (Å²) in [4.78, 5) is 11.9. The van der Waals surface area contributed by atoms with Gasteiger partial charge in [-0.2, -0.15) is 0 Å². The minimum atomic E-state index is -0.660. The zero-order valence-electron chi connectivity index (χ0n) is 17.5. The third kappa shape index (κ3) is 12.2. The Morgan fingerprint density at radius 2 is 1.32 bits per heavy atom. The SMILES string of the molecule is CCCCCCC(CC(CC)CCCC)=C(CCCCCC)C(=O)O. The fourth-order valence-corrected chi connectivity index (χ4v) is 3.60. The Morgan fingerprint density at radius 1 is 0.760 bits per heavy atom. The maximum Gasteiger partial charge on any atom is 0.331 e. The number of hydrogen-bond donors (Lipinski definition) is 1. The number of carbonyl (C=O) groups is 1. The largest absolute Gasteiger partial charge is 0.478 e. The highest BCUT2D eigenvalue weighted by Gasteiger charge is 2.17. The average Bonchev–Trinajstić information content (AvgIpc) is 2.60. The van der Waals surface area contributed by atoms with Crippen molar-refractivity contribution in [1.29, 1.82) is 0 Å². The van der Waals surface area contributed by atoms with Crippen LogP contribution in [0.15, 0.2) is 11.1 Å². The number of allylic oxidation sites excluding steroid dienone is 1. The third-order valence-corrected chi connectivity index (χ3v) is 5.38. The van der Waals surface area contributed by atoms with E-state index in [1.165, 1.54) is 63.4 Å². The van der Waals surface area contributed by atoms with Crippen LogP contribution in [0.4, 0.5) is 0 Å². The van der Waals surface area contributed by atoms with E-state index in [1.54, 1.807) is 0 Å². The van der Waals surface area contributed by atoms with Crippen LogP contribution in [0.3, 0.4) is 0 Å². The van der Waals surface area contributed by atoms with E-state index in [-0.39, 0.29) is 0 Å². The van der Waals surface area contributed by atoms with Gasteiger partial charge in [0, 0.05) is 5.57 Å². The molecular weight excluding hydrogens is 308 g/mol. The molecule has 148 valence electrons. The van der Waals surface area contributed by atoms with Crippen LogP contribution in [-0.4, -0.2) is 11.1 Å². The minimum absolute atomic E-state index is 0.658. The van der Waals surface area contributed by atoms with Gasteiger partial charge in [-0.1, -0.05) is 97.5 Å². The van der Waals surface area contributed by atoms with Crippen LogP contribution in [0.25, 0.3) is 0 Å². The maximum absolute atomic E-state index is 11.9. The maximum atomic E-state index is 11.9. The number of carboxylic acid groups (broad SMARTS) is 1. The molecule has 0 aromatic carbocycles. The van der Waals surface area contributed by atoms with Gasteiger partial charge >= 0.3 is 5.97 Å². The molecule has 0 aliphatic rings. The molecule has 0 saturated carbocycles. The molecule has 1 N–H and O–H groups in total. The van der Waals surface area contributed by atoms with Gasteiger partial charge in [-0.25, -0.2) is 4.79 Å². The number of carboxylic acids is 1. The molecule has 0 saturated heterocycles. The van der Waals surface area contributed by atoms with Crippen LogP contribution < -0.4 is 0 Å². The molecule has 0 aliphatic heterocycles. The molecular formula is C23H44O2. The van der Waals surface area contributed by atoms with Gasteiger partial charge < -0.3 is 5.11 Å². The highest BCUT2D eigenvalue weighted by atomic mass is 16.4. The predicted octanol–water partition coefficient (Wildman–Crippen LogP) is 7.91. The Balaban J connectivity index is 5.04. The first kappa shape index (κ1) is 24.2. The average molecular weight is 353 g/mol. The predicted molar refractivity (Wildman–Crippen MR) is 110 cm³/mol. The molecule has 0 aromatic heterocycles. The molecule has 0 amide bonds. The Labute approximate surface area is 157 Å². The summed E-state index contributed by atoms with van der Waals surface area (Å²) >= 11 is 0. The highest BCUT2D eigenvalue weighted by molar-refractivity contribution is 5.87. The molecule has 0 bridgehead atoms. The zero-order chi connectivity index (χ0) is 18.9. The van der Waals surface area contributed by atoms with Crippen LogP contribution in [0, 0.1) is 5.92 Å². The van der Waals surface area contributed by atoms with Gasteiger partial charge in [0.15, 0.2) is 0 Å². The van der Waals surface area contributed by atoms with E-state index in [9.17, 15) is 9.90 Å². The molecule has 0 heterocycles. The number of rotatable bonds is 17. The van der Waals surface area contributed by atoms with Crippen molar-refractivity contribution in [3.8, 4) is 0 Å². The lowest BCUT2D eigenvalue weighted by molar-refractivity contribution is -0.132. The van der Waals surface area contributed by atoms with Crippen molar-refractivity contribution >= 4 is 5.97 Å². The lowest BCUT2D eigenvalue weighted by atomic mass is 9.86. The van der Waals surface area contributed by atoms with Crippen molar-refractivity contribution in [3.05, 3.63) is 11.1 Å². The lowest BCUT2D eigenvalue weighted by Crippen LogP contribution is -2.09. The molecule has 0 spiro atoms. The quantitative estimate of drug-likeness (QED) is 0.213. The van der Waals surface area contributed by atoms with Gasteiger partial charge in [0.25, 0.3) is 0 Å². The summed E-state index contributed by atoms with van der Waals surface area (Å²) < 4.78 is 0. The fraction of sp³-hybridized carbons (Fsp3) is 0.870. The smallest absolute Gasteiger partial charge is 0.331 e. The molecule has 0 rings (SSSR count). The Morgan fingerprint density at radius 3 is 1.80 bits per heavy atom. The van der Waals surface area contributed by atoms with Gasteiger partial charge in [0.1, 0.15) is 0 Å². The second kappa shape index (κ2) is 16.7. The number of hydrogen-bond acceptors (Lipinski definition) is 1. The molecule has 0 aliphatic carbocycles. The molecule has 2 nitrogen and oxygen atoms in total. The van der Waals surface area contributed by atoms with E-state index < -0.39 is 5.97 Å². The molecule has 2 heteroatoms. The topological polar surface area (TPSA) is 37.3 Å². The summed E-state index contributed by atoms with van der Waals surface area (Å²) in [5.74, 6) is -0.00143. The summed E-state index contributed by atoms with van der Waals surface area (Å²) in [7, 11) is 0. The van der Waals surface area contributed by atoms with Crippen molar-refractivity contribution in [3.63, 3.8) is 0 Å². The van der Waals surface area contributed by atoms with Gasteiger partial charge in [-0.3, -0.25) is 0 Å². The van der Waals surface area contributed by atoms with Crippen LogP contribution in [0.2, 0.25) is 0 Å². The van der Waals surface area contributed by atoms with E-state index in [1.807, 2.05) is 0 Å². The van der Waals surface area contributed by atoms with Crippen molar-refractivity contribution in [1.82, 2.24) is 0 Å². The van der Waals surface area contributed by atoms with Crippen LogP contribution in [-0.2, 0) is 4.79 Å². The van der Waals surface area contributed by atoms with E-state index in [0.717, 1.165) is 44.1 Å². The summed E-state index contributed by atoms with van der Waals surface area (Å²) in [6, 6.07) is 0. The Hall–Kier alpha value is -0.790. The lowest BCUT2D eigenvalue weighted by Gasteiger charge is -2.20. The zero-order valence-corrected chi connectivity index (χ0v) is 17.5. The van der Waals surface area contributed by atoms with Crippen molar-refractivity contribution in [2.75, 3.05) is 0 Å². The molecule has 1 atom stereocenters. The molecule has 0 aromatic rings. The van der Waals surface area contributed by atoms with Crippen LogP contribution in [0.5, 0.6) is 0 Å². The number of aliphatic carboxylic acids is 1. The van der Waals surface area contributed by atoms with Crippen molar-refractivity contribution < 1.29 is 9.90 Å². The van der Waals surface area contributed by atoms with Crippen LogP contribution in [0.1, 0.15) is 124 Å². The van der Waals surface area contributed by atoms with Crippen LogP contribution >= 0.6 is 0 Å². The molecule has 0 fully saturated rings. The number of unbranched alkanes of at least 4 members (excludes halogenated alkanes) is 7. The van der Waals surface area contributed by atoms with E-state index in [0.29, 0.717) is 5.92 Å². The normalized spacial score (nSPS) is 13.6. The van der Waals surface area contributed by atoms with Gasteiger partial charge in [-0.05, 0) is 38.0 Å². The first-order valence-electron chi connectivity index (χ1n) is 11.0. The third-order valence-electron chi connectivity index (χ3n) is 5.38. The van der Waals surface area contributed by atoms with Gasteiger partial charge in [0.2, 0.25) is 0 Å². The van der Waals surface area contributed by atoms with E-state index in [2.05, 4.69) is 27.7 Å². The summed E-state index contributed by atoms with van der Waals surface area (Å²) in [6.07, 6.45) is 17.2. The monoisotopic (exact) mass is 352 g/mol. The molecule has 25 heavy (non-hydrogen) atoms. The molecule has 1 unspecified atom stereocenters. The molecule has 0 radical (unpaired) electrons. The second-order valence-corrected chi connectivity index (χ2v) is 7.63. The standard InChI is InChI=1S/C23H44O2/c1-5-9-12-14-17-21(19-20(8-4)16-11-7-3)22(23(24)25)18-15-13-10-6-2/h20H,5-19H2,1-4H3,(H,24,25). The van der Waals surface area contributed by atoms with E-state index in [4.69, 9.17) is 0 Å². The fourth-order valence-electron chi connectivity index (χ4n) is 3.60. The van der Waals surface area contributed by atoms with E-state index >= 15 is 0 Å². The highest BCUT2D eigenvalue weighted by Crippen LogP contribution is 2.29. The van der Waals surface area contributed by atoms with Crippen molar-refractivity contribution in [2.24, 2.45) is 5.92 Å². The Bertz CT molecular complexity index is 357. The van der Waals surface area contributed by atoms with Crippen molar-refractivity contribution in [2.45, 2.75) is 124 Å². The second-order valence-electron chi connectivity index (χ2n) is 7.63. The summed E-state index contributed by atoms with van der Waals surface area (Å²) in [5, 5.41) is 9.81.